The molecule has 0 spiro atoms. The van der Waals surface area contributed by atoms with Crippen molar-refractivity contribution in [1.29, 1.82) is 5.26 Å². The van der Waals surface area contributed by atoms with E-state index < -0.39 is 17.5 Å². The minimum Gasteiger partial charge on any atom is -0.396 e. The van der Waals surface area contributed by atoms with Crippen LogP contribution in [-0.4, -0.2) is 5.91 Å². The lowest BCUT2D eigenvalue weighted by Crippen LogP contribution is -2.15. The van der Waals surface area contributed by atoms with E-state index in [1.54, 1.807) is 6.07 Å². The van der Waals surface area contributed by atoms with Crippen molar-refractivity contribution in [3.8, 4) is 6.07 Å². The lowest BCUT2D eigenvalue weighted by Gasteiger charge is -2.09. The molecule has 0 saturated heterocycles. The monoisotopic (exact) mass is 273 g/mol. The molecule has 0 fully saturated rings. The largest absolute Gasteiger partial charge is 0.396 e. The van der Waals surface area contributed by atoms with Crippen LogP contribution in [0.15, 0.2) is 36.4 Å². The first-order valence-electron chi connectivity index (χ1n) is 5.58. The Kier molecular flexibility index (Phi) is 3.62. The van der Waals surface area contributed by atoms with Crippen LogP contribution in [0.25, 0.3) is 0 Å². The molecule has 0 aliphatic rings. The minimum atomic E-state index is -0.711. The normalized spacial score (nSPS) is 9.85. The number of benzene rings is 2. The molecule has 2 rings (SSSR count). The maximum absolute atomic E-state index is 13.3. The number of halogens is 2. The van der Waals surface area contributed by atoms with E-state index in [9.17, 15) is 13.6 Å². The Morgan fingerprint density at radius 1 is 1.25 bits per heavy atom. The molecule has 0 aliphatic carbocycles. The second-order valence-electron chi connectivity index (χ2n) is 3.96. The number of hydrogen-bond acceptors (Lipinski definition) is 3. The quantitative estimate of drug-likeness (QED) is 0.825. The third kappa shape index (κ3) is 2.57. The number of hydrogen-bond donors (Lipinski definition) is 2. The average molecular weight is 273 g/mol. The van der Waals surface area contributed by atoms with E-state index >= 15 is 0 Å². The number of nitriles is 1. The minimum absolute atomic E-state index is 0.0340. The standard InChI is InChI=1S/C14H9F2N3O/c15-9-4-5-12(8(6-9)7-17)19-14(20)10-2-1-3-11(16)13(10)18/h1-6H,18H2,(H,19,20). The lowest BCUT2D eigenvalue weighted by atomic mass is 10.1. The number of nitrogen functional groups attached to an aromatic ring is 1. The van der Waals surface area contributed by atoms with Crippen LogP contribution in [0.5, 0.6) is 0 Å². The Morgan fingerprint density at radius 3 is 2.70 bits per heavy atom. The molecule has 0 bridgehead atoms. The number of amides is 1. The summed E-state index contributed by atoms with van der Waals surface area (Å²) in [6.07, 6.45) is 0. The number of para-hydroxylation sites is 1. The first-order valence-corrected chi connectivity index (χ1v) is 5.58. The third-order valence-corrected chi connectivity index (χ3v) is 2.65. The zero-order valence-electron chi connectivity index (χ0n) is 10.2. The van der Waals surface area contributed by atoms with Crippen molar-refractivity contribution in [3.05, 3.63) is 59.2 Å². The van der Waals surface area contributed by atoms with Gasteiger partial charge in [-0.1, -0.05) is 6.07 Å². The summed E-state index contributed by atoms with van der Waals surface area (Å²) in [6, 6.07) is 8.93. The highest BCUT2D eigenvalue weighted by molar-refractivity contribution is 6.08. The van der Waals surface area contributed by atoms with E-state index in [-0.39, 0.29) is 22.5 Å². The number of nitrogens with two attached hydrogens (primary N) is 1. The zero-order valence-corrected chi connectivity index (χ0v) is 10.2. The molecule has 1 amide bonds. The molecule has 0 heterocycles. The van der Waals surface area contributed by atoms with Gasteiger partial charge in [0.05, 0.1) is 22.5 Å². The Labute approximate surface area is 113 Å². The summed E-state index contributed by atoms with van der Waals surface area (Å²) in [4.78, 5) is 12.0. The van der Waals surface area contributed by atoms with Gasteiger partial charge in [-0.3, -0.25) is 4.79 Å². The van der Waals surface area contributed by atoms with Crippen LogP contribution in [0.4, 0.5) is 20.2 Å². The van der Waals surface area contributed by atoms with Crippen LogP contribution in [0.3, 0.4) is 0 Å². The average Bonchev–Trinajstić information content (AvgIpc) is 2.43. The van der Waals surface area contributed by atoms with Gasteiger partial charge < -0.3 is 11.1 Å². The molecule has 6 heteroatoms. The van der Waals surface area contributed by atoms with E-state index in [0.717, 1.165) is 18.2 Å². The Bertz CT molecular complexity index is 723. The molecule has 2 aromatic carbocycles. The fraction of sp³-hybridized carbons (Fsp3) is 0. The fourth-order valence-corrected chi connectivity index (χ4v) is 1.64. The third-order valence-electron chi connectivity index (χ3n) is 2.65. The van der Waals surface area contributed by atoms with Gasteiger partial charge in [0.1, 0.15) is 17.7 Å². The van der Waals surface area contributed by atoms with Crippen LogP contribution in [0, 0.1) is 23.0 Å². The van der Waals surface area contributed by atoms with Crippen molar-refractivity contribution in [2.75, 3.05) is 11.1 Å². The lowest BCUT2D eigenvalue weighted by molar-refractivity contribution is 0.102. The molecule has 20 heavy (non-hydrogen) atoms. The summed E-state index contributed by atoms with van der Waals surface area (Å²) in [7, 11) is 0. The predicted molar refractivity (Wildman–Crippen MR) is 69.9 cm³/mol. The van der Waals surface area contributed by atoms with E-state index in [1.807, 2.05) is 0 Å². The SMILES string of the molecule is N#Cc1cc(F)ccc1NC(=O)c1cccc(F)c1N. The highest BCUT2D eigenvalue weighted by Crippen LogP contribution is 2.20. The van der Waals surface area contributed by atoms with Crippen LogP contribution < -0.4 is 11.1 Å². The highest BCUT2D eigenvalue weighted by atomic mass is 19.1. The summed E-state index contributed by atoms with van der Waals surface area (Å²) < 4.78 is 26.2. The van der Waals surface area contributed by atoms with Gasteiger partial charge >= 0.3 is 0 Å². The number of nitrogens with one attached hydrogen (secondary N) is 1. The van der Waals surface area contributed by atoms with Gasteiger partial charge in [0.25, 0.3) is 5.91 Å². The van der Waals surface area contributed by atoms with E-state index in [0.29, 0.717) is 0 Å². The van der Waals surface area contributed by atoms with Crippen molar-refractivity contribution in [1.82, 2.24) is 0 Å². The van der Waals surface area contributed by atoms with Crippen LogP contribution in [0.2, 0.25) is 0 Å². The molecule has 100 valence electrons. The Morgan fingerprint density at radius 2 is 2.00 bits per heavy atom. The number of anilines is 2. The summed E-state index contributed by atoms with van der Waals surface area (Å²) in [5.41, 5.74) is 5.22. The number of carbonyl (C=O) groups is 1. The van der Waals surface area contributed by atoms with Gasteiger partial charge in [0.2, 0.25) is 0 Å². The van der Waals surface area contributed by atoms with Gasteiger partial charge in [0.15, 0.2) is 0 Å². The van der Waals surface area contributed by atoms with Gasteiger partial charge in [-0.2, -0.15) is 5.26 Å². The molecule has 0 saturated carbocycles. The highest BCUT2D eigenvalue weighted by Gasteiger charge is 2.14. The molecule has 3 N–H and O–H groups in total. The molecular weight excluding hydrogens is 264 g/mol. The maximum atomic E-state index is 13.3. The second-order valence-corrected chi connectivity index (χ2v) is 3.96. The number of carbonyl (C=O) groups excluding carboxylic acids is 1. The first-order chi connectivity index (χ1) is 9.52. The molecule has 0 aromatic heterocycles. The molecule has 0 radical (unpaired) electrons. The van der Waals surface area contributed by atoms with Crippen LogP contribution in [-0.2, 0) is 0 Å². The molecule has 4 nitrogen and oxygen atoms in total. The van der Waals surface area contributed by atoms with Gasteiger partial charge in [0, 0.05) is 0 Å². The molecular formula is C14H9F2N3O. The van der Waals surface area contributed by atoms with Gasteiger partial charge in [-0.25, -0.2) is 8.78 Å². The van der Waals surface area contributed by atoms with E-state index in [1.165, 1.54) is 18.2 Å². The smallest absolute Gasteiger partial charge is 0.257 e. The van der Waals surface area contributed by atoms with Crippen LogP contribution >= 0.6 is 0 Å². The van der Waals surface area contributed by atoms with E-state index in [4.69, 9.17) is 11.0 Å². The van der Waals surface area contributed by atoms with Gasteiger partial charge in [-0.05, 0) is 30.3 Å². The van der Waals surface area contributed by atoms with Crippen LogP contribution in [0.1, 0.15) is 15.9 Å². The summed E-state index contributed by atoms with van der Waals surface area (Å²) in [5.74, 6) is -1.98. The number of rotatable bonds is 2. The Balaban J connectivity index is 2.33. The zero-order chi connectivity index (χ0) is 14.7. The summed E-state index contributed by atoms with van der Waals surface area (Å²) in [6.45, 7) is 0. The summed E-state index contributed by atoms with van der Waals surface area (Å²) in [5, 5.41) is 11.3. The molecule has 0 atom stereocenters. The summed E-state index contributed by atoms with van der Waals surface area (Å²) >= 11 is 0. The predicted octanol–water partition coefficient (Wildman–Crippen LogP) is 2.67. The second kappa shape index (κ2) is 5.36. The number of nitrogens with zero attached hydrogens (tertiary/aromatic N) is 1. The van der Waals surface area contributed by atoms with E-state index in [2.05, 4.69) is 5.32 Å². The van der Waals surface area contributed by atoms with Crippen molar-refractivity contribution in [2.24, 2.45) is 0 Å². The van der Waals surface area contributed by atoms with Gasteiger partial charge in [-0.15, -0.1) is 0 Å². The molecule has 2 aromatic rings. The first kappa shape index (κ1) is 13.5. The molecule has 0 aliphatic heterocycles. The van der Waals surface area contributed by atoms with Crippen molar-refractivity contribution in [3.63, 3.8) is 0 Å². The topological polar surface area (TPSA) is 78.9 Å². The maximum Gasteiger partial charge on any atom is 0.257 e. The van der Waals surface area contributed by atoms with Crippen molar-refractivity contribution < 1.29 is 13.6 Å². The fourth-order valence-electron chi connectivity index (χ4n) is 1.64. The molecule has 0 unspecified atom stereocenters. The van der Waals surface area contributed by atoms with Crippen molar-refractivity contribution in [2.45, 2.75) is 0 Å². The Hall–Kier alpha value is -2.94. The van der Waals surface area contributed by atoms with Crippen molar-refractivity contribution >= 4 is 17.3 Å².